The smallest absolute Gasteiger partial charge is 0.250 e. The van der Waals surface area contributed by atoms with Crippen molar-refractivity contribution in [2.75, 3.05) is 5.32 Å². The molecule has 0 atom stereocenters. The van der Waals surface area contributed by atoms with E-state index in [0.717, 1.165) is 11.4 Å². The molecule has 0 spiro atoms. The largest absolute Gasteiger partial charge is 0.379 e. The molecule has 0 bridgehead atoms. The fourth-order valence-electron chi connectivity index (χ4n) is 2.17. The summed E-state index contributed by atoms with van der Waals surface area (Å²) in [4.78, 5) is 15.3. The highest BCUT2D eigenvalue weighted by Gasteiger charge is 2.24. The van der Waals surface area contributed by atoms with Gasteiger partial charge < -0.3 is 15.6 Å². The van der Waals surface area contributed by atoms with E-state index in [-0.39, 0.29) is 0 Å². The van der Waals surface area contributed by atoms with Crippen molar-refractivity contribution in [2.45, 2.75) is 25.4 Å². The van der Waals surface area contributed by atoms with E-state index in [2.05, 4.69) is 14.9 Å². The van der Waals surface area contributed by atoms with E-state index in [0.29, 0.717) is 23.2 Å². The Hall–Kier alpha value is -2.01. The highest BCUT2D eigenvalue weighted by Crippen LogP contribution is 2.35. The number of nitrogens with one attached hydrogen (secondary N) is 1. The van der Waals surface area contributed by atoms with E-state index in [4.69, 9.17) is 17.3 Å². The maximum atomic E-state index is 11.1. The summed E-state index contributed by atoms with van der Waals surface area (Å²) < 4.78 is 2.20. The van der Waals surface area contributed by atoms with Gasteiger partial charge in [-0.2, -0.15) is 0 Å². The lowest BCUT2D eigenvalue weighted by molar-refractivity contribution is 0.100. The summed E-state index contributed by atoms with van der Waals surface area (Å²) >= 11 is 6.02. The van der Waals surface area contributed by atoms with Gasteiger partial charge in [0.05, 0.1) is 29.2 Å². The van der Waals surface area contributed by atoms with Gasteiger partial charge in [-0.25, -0.2) is 4.98 Å². The molecule has 1 aromatic heterocycles. The third kappa shape index (κ3) is 2.63. The van der Waals surface area contributed by atoms with Crippen molar-refractivity contribution >= 4 is 23.2 Å². The van der Waals surface area contributed by atoms with Crippen LogP contribution in [0, 0.1) is 0 Å². The topological polar surface area (TPSA) is 72.9 Å². The zero-order valence-electron chi connectivity index (χ0n) is 10.8. The average molecular weight is 291 g/mol. The SMILES string of the molecule is NC(=O)c1ccc(NCc2cncn2C2CC2)cc1Cl. The van der Waals surface area contributed by atoms with E-state index < -0.39 is 5.91 Å². The molecular weight excluding hydrogens is 276 g/mol. The molecule has 20 heavy (non-hydrogen) atoms. The van der Waals surface area contributed by atoms with Crippen LogP contribution in [0.15, 0.2) is 30.7 Å². The fraction of sp³-hybridized carbons (Fsp3) is 0.286. The normalized spacial score (nSPS) is 14.2. The highest BCUT2D eigenvalue weighted by molar-refractivity contribution is 6.34. The number of amides is 1. The number of imidazole rings is 1. The number of anilines is 1. The average Bonchev–Trinajstić information content (AvgIpc) is 3.15. The second kappa shape index (κ2) is 5.17. The number of aromatic nitrogens is 2. The van der Waals surface area contributed by atoms with Gasteiger partial charge in [0.1, 0.15) is 0 Å². The molecule has 3 rings (SSSR count). The molecule has 1 amide bonds. The number of hydrogen-bond acceptors (Lipinski definition) is 3. The van der Waals surface area contributed by atoms with Crippen LogP contribution in [0.25, 0.3) is 0 Å². The van der Waals surface area contributed by atoms with Gasteiger partial charge in [0.15, 0.2) is 0 Å². The van der Waals surface area contributed by atoms with E-state index in [9.17, 15) is 4.79 Å². The zero-order chi connectivity index (χ0) is 14.1. The van der Waals surface area contributed by atoms with Gasteiger partial charge in [0.2, 0.25) is 5.91 Å². The number of benzene rings is 1. The first-order valence-electron chi connectivity index (χ1n) is 6.49. The molecule has 1 aliphatic rings. The number of carbonyl (C=O) groups is 1. The quantitative estimate of drug-likeness (QED) is 0.889. The number of rotatable bonds is 5. The molecule has 1 heterocycles. The fourth-order valence-corrected chi connectivity index (χ4v) is 2.44. The van der Waals surface area contributed by atoms with Crippen molar-refractivity contribution in [1.82, 2.24) is 9.55 Å². The van der Waals surface area contributed by atoms with Crippen molar-refractivity contribution in [3.05, 3.63) is 47.0 Å². The van der Waals surface area contributed by atoms with Crippen LogP contribution in [0.5, 0.6) is 0 Å². The maximum Gasteiger partial charge on any atom is 0.250 e. The van der Waals surface area contributed by atoms with Crippen LogP contribution < -0.4 is 11.1 Å². The molecule has 1 aliphatic carbocycles. The molecule has 104 valence electrons. The maximum absolute atomic E-state index is 11.1. The van der Waals surface area contributed by atoms with E-state index in [1.807, 2.05) is 12.5 Å². The van der Waals surface area contributed by atoms with Crippen LogP contribution in [0.2, 0.25) is 5.02 Å². The lowest BCUT2D eigenvalue weighted by Crippen LogP contribution is -2.12. The van der Waals surface area contributed by atoms with Gasteiger partial charge in [0.25, 0.3) is 0 Å². The molecule has 3 N–H and O–H groups in total. The minimum Gasteiger partial charge on any atom is -0.379 e. The lowest BCUT2D eigenvalue weighted by Gasteiger charge is -2.10. The molecule has 1 saturated carbocycles. The second-order valence-corrected chi connectivity index (χ2v) is 5.34. The van der Waals surface area contributed by atoms with Gasteiger partial charge in [-0.3, -0.25) is 4.79 Å². The molecule has 0 aliphatic heterocycles. The third-order valence-corrected chi connectivity index (χ3v) is 3.71. The first-order valence-corrected chi connectivity index (χ1v) is 6.87. The van der Waals surface area contributed by atoms with Gasteiger partial charge in [-0.1, -0.05) is 11.6 Å². The van der Waals surface area contributed by atoms with Crippen LogP contribution in [0.4, 0.5) is 5.69 Å². The van der Waals surface area contributed by atoms with Crippen molar-refractivity contribution in [3.63, 3.8) is 0 Å². The van der Waals surface area contributed by atoms with Crippen molar-refractivity contribution in [1.29, 1.82) is 0 Å². The minimum atomic E-state index is -0.520. The van der Waals surface area contributed by atoms with Crippen LogP contribution >= 0.6 is 11.6 Å². The molecule has 2 aromatic rings. The monoisotopic (exact) mass is 290 g/mol. The minimum absolute atomic E-state index is 0.334. The van der Waals surface area contributed by atoms with Crippen LogP contribution in [0.1, 0.15) is 34.9 Å². The molecule has 5 nitrogen and oxygen atoms in total. The van der Waals surface area contributed by atoms with Crippen LogP contribution in [0.3, 0.4) is 0 Å². The predicted molar refractivity (Wildman–Crippen MR) is 77.8 cm³/mol. The zero-order valence-corrected chi connectivity index (χ0v) is 11.6. The van der Waals surface area contributed by atoms with Gasteiger partial charge >= 0.3 is 0 Å². The van der Waals surface area contributed by atoms with Crippen molar-refractivity contribution in [3.8, 4) is 0 Å². The number of hydrogen-bond donors (Lipinski definition) is 2. The summed E-state index contributed by atoms with van der Waals surface area (Å²) in [5.74, 6) is -0.520. The number of carbonyl (C=O) groups excluding carboxylic acids is 1. The number of nitrogens with zero attached hydrogens (tertiary/aromatic N) is 2. The van der Waals surface area contributed by atoms with Crippen LogP contribution in [-0.4, -0.2) is 15.5 Å². The van der Waals surface area contributed by atoms with E-state index >= 15 is 0 Å². The molecule has 1 aromatic carbocycles. The molecule has 0 unspecified atom stereocenters. The second-order valence-electron chi connectivity index (χ2n) is 4.94. The Kier molecular flexibility index (Phi) is 3.36. The molecule has 6 heteroatoms. The highest BCUT2D eigenvalue weighted by atomic mass is 35.5. The summed E-state index contributed by atoms with van der Waals surface area (Å²) in [7, 11) is 0. The summed E-state index contributed by atoms with van der Waals surface area (Å²) in [6.07, 6.45) is 6.19. The Bertz CT molecular complexity index is 648. The number of primary amides is 1. The first-order chi connectivity index (χ1) is 9.65. The molecule has 0 radical (unpaired) electrons. The van der Waals surface area contributed by atoms with Crippen LogP contribution in [-0.2, 0) is 6.54 Å². The van der Waals surface area contributed by atoms with Gasteiger partial charge in [-0.15, -0.1) is 0 Å². The molecule has 1 fully saturated rings. The standard InChI is InChI=1S/C14H15ClN4O/c15-13-5-9(1-4-12(13)14(16)20)18-7-11-6-17-8-19(11)10-2-3-10/h1,4-6,8,10,18H,2-3,7H2,(H2,16,20). The van der Waals surface area contributed by atoms with Crippen molar-refractivity contribution < 1.29 is 4.79 Å². The summed E-state index contributed by atoms with van der Waals surface area (Å²) in [5, 5.41) is 3.64. The van der Waals surface area contributed by atoms with E-state index in [1.54, 1.807) is 18.2 Å². The summed E-state index contributed by atoms with van der Waals surface area (Å²) in [6, 6.07) is 5.74. The van der Waals surface area contributed by atoms with Gasteiger partial charge in [-0.05, 0) is 31.0 Å². The predicted octanol–water partition coefficient (Wildman–Crippen LogP) is 2.58. The molecular formula is C14H15ClN4O. The van der Waals surface area contributed by atoms with E-state index in [1.165, 1.54) is 12.8 Å². The number of halogens is 1. The molecule has 0 saturated heterocycles. The summed E-state index contributed by atoms with van der Waals surface area (Å²) in [6.45, 7) is 0.669. The lowest BCUT2D eigenvalue weighted by atomic mass is 10.2. The Morgan fingerprint density at radius 2 is 2.30 bits per heavy atom. The Labute approximate surface area is 121 Å². The van der Waals surface area contributed by atoms with Crippen molar-refractivity contribution in [2.24, 2.45) is 5.73 Å². The number of nitrogens with two attached hydrogens (primary N) is 1. The Morgan fingerprint density at radius 3 is 2.95 bits per heavy atom. The Balaban J connectivity index is 1.70. The third-order valence-electron chi connectivity index (χ3n) is 3.39. The van der Waals surface area contributed by atoms with Gasteiger partial charge in [0, 0.05) is 17.9 Å². The first kappa shape index (κ1) is 13.0. The Morgan fingerprint density at radius 1 is 1.50 bits per heavy atom. The summed E-state index contributed by atoms with van der Waals surface area (Å²) in [5.41, 5.74) is 7.55.